The second-order valence-electron chi connectivity index (χ2n) is 2.09. The molecule has 2 nitrogen and oxygen atoms in total. The first-order valence-corrected chi connectivity index (χ1v) is 2.91. The van der Waals surface area contributed by atoms with Crippen LogP contribution in [0.3, 0.4) is 0 Å². The van der Waals surface area contributed by atoms with Gasteiger partial charge in [0.2, 0.25) is 0 Å². The SMILES string of the molecule is CN(C)C(S)=[N+](C)C.[Cl-]. The average Bonchev–Trinajstić information content (AvgIpc) is 1.64. The van der Waals surface area contributed by atoms with Crippen LogP contribution in [-0.4, -0.2) is 42.8 Å². The zero-order valence-electron chi connectivity index (χ0n) is 6.22. The van der Waals surface area contributed by atoms with E-state index in [2.05, 4.69) is 12.6 Å². The molecule has 0 aliphatic rings. The number of nitrogens with zero attached hydrogens (tertiary/aromatic N) is 2. The van der Waals surface area contributed by atoms with Crippen molar-refractivity contribution in [2.24, 2.45) is 0 Å². The Balaban J connectivity index is 0. The predicted molar refractivity (Wildman–Crippen MR) is 39.8 cm³/mol. The van der Waals surface area contributed by atoms with Crippen LogP contribution in [0.5, 0.6) is 0 Å². The normalized spacial score (nSPS) is 7.67. The van der Waals surface area contributed by atoms with E-state index in [1.807, 2.05) is 37.7 Å². The Hall–Kier alpha value is 0.110. The third-order valence-electron chi connectivity index (χ3n) is 0.800. The highest BCUT2D eigenvalue weighted by Gasteiger charge is 2.01. The summed E-state index contributed by atoms with van der Waals surface area (Å²) in [6.45, 7) is 0. The first-order valence-electron chi connectivity index (χ1n) is 2.46. The summed E-state index contributed by atoms with van der Waals surface area (Å²) in [6.07, 6.45) is 0. The van der Waals surface area contributed by atoms with Gasteiger partial charge in [0.05, 0.1) is 28.2 Å². The minimum atomic E-state index is 0. The van der Waals surface area contributed by atoms with E-state index >= 15 is 0 Å². The van der Waals surface area contributed by atoms with Crippen molar-refractivity contribution in [2.45, 2.75) is 0 Å². The van der Waals surface area contributed by atoms with Gasteiger partial charge >= 0.3 is 5.17 Å². The molecule has 0 fully saturated rings. The molecule has 0 unspecified atom stereocenters. The quantitative estimate of drug-likeness (QED) is 0.177. The Kier molecular flexibility index (Phi) is 6.51. The van der Waals surface area contributed by atoms with Crippen LogP contribution in [0.2, 0.25) is 0 Å². The zero-order chi connectivity index (χ0) is 6.73. The molecule has 0 heterocycles. The van der Waals surface area contributed by atoms with Gasteiger partial charge < -0.3 is 12.4 Å². The number of thiol groups is 1. The summed E-state index contributed by atoms with van der Waals surface area (Å²) in [4.78, 5) is 1.95. The summed E-state index contributed by atoms with van der Waals surface area (Å²) in [5.74, 6) is 0. The summed E-state index contributed by atoms with van der Waals surface area (Å²) >= 11 is 4.19. The zero-order valence-corrected chi connectivity index (χ0v) is 7.87. The molecule has 0 atom stereocenters. The molecule has 0 spiro atoms. The standard InChI is InChI=1S/C5H12N2S.ClH/c1-6(2)5(8)7(3)4;/h1-4H3;1H. The first-order chi connectivity index (χ1) is 3.55. The molecule has 0 N–H and O–H groups in total. The van der Waals surface area contributed by atoms with Crippen molar-refractivity contribution in [1.82, 2.24) is 4.90 Å². The van der Waals surface area contributed by atoms with Crippen LogP contribution in [0.4, 0.5) is 0 Å². The molecule has 9 heavy (non-hydrogen) atoms. The maximum absolute atomic E-state index is 4.19. The molecule has 0 aromatic rings. The minimum absolute atomic E-state index is 0. The predicted octanol–water partition coefficient (Wildman–Crippen LogP) is -2.89. The molecule has 0 amide bonds. The van der Waals surface area contributed by atoms with E-state index in [0.29, 0.717) is 0 Å². The lowest BCUT2D eigenvalue weighted by atomic mass is 10.9. The summed E-state index contributed by atoms with van der Waals surface area (Å²) < 4.78 is 1.95. The molecule has 0 rings (SSSR count). The van der Waals surface area contributed by atoms with Gasteiger partial charge in [-0.25, -0.2) is 0 Å². The van der Waals surface area contributed by atoms with Crippen LogP contribution in [0, 0.1) is 0 Å². The van der Waals surface area contributed by atoms with E-state index in [0.717, 1.165) is 5.17 Å². The second-order valence-corrected chi connectivity index (χ2v) is 2.49. The molecule has 0 aliphatic carbocycles. The molecule has 56 valence electrons. The Morgan fingerprint density at radius 1 is 1.33 bits per heavy atom. The van der Waals surface area contributed by atoms with Crippen molar-refractivity contribution in [3.8, 4) is 0 Å². The lowest BCUT2D eigenvalue weighted by molar-refractivity contribution is -0.466. The number of amidine groups is 1. The summed E-state index contributed by atoms with van der Waals surface area (Å²) in [6, 6.07) is 0. The molecular formula is C5H13ClN2S. The summed E-state index contributed by atoms with van der Waals surface area (Å²) in [5, 5.41) is 0.963. The Bertz CT molecular complexity index is 108. The number of halogens is 1. The number of hydrogen-bond acceptors (Lipinski definition) is 0. The Morgan fingerprint density at radius 2 is 1.67 bits per heavy atom. The molecule has 0 aliphatic heterocycles. The lowest BCUT2D eigenvalue weighted by Crippen LogP contribution is -3.00. The van der Waals surface area contributed by atoms with Gasteiger partial charge in [-0.05, 0) is 0 Å². The minimum Gasteiger partial charge on any atom is -1.00 e. The third-order valence-corrected chi connectivity index (χ3v) is 1.60. The van der Waals surface area contributed by atoms with Gasteiger partial charge in [0.1, 0.15) is 0 Å². The van der Waals surface area contributed by atoms with Crippen LogP contribution in [-0.2, 0) is 0 Å². The van der Waals surface area contributed by atoms with Crippen LogP contribution in [0.1, 0.15) is 0 Å². The van der Waals surface area contributed by atoms with Gasteiger partial charge in [0.15, 0.2) is 0 Å². The van der Waals surface area contributed by atoms with Gasteiger partial charge in [-0.3, -0.25) is 9.48 Å². The molecule has 0 bridgehead atoms. The molecule has 4 heteroatoms. The van der Waals surface area contributed by atoms with Gasteiger partial charge in [-0.15, -0.1) is 0 Å². The van der Waals surface area contributed by atoms with Crippen LogP contribution in [0.15, 0.2) is 0 Å². The smallest absolute Gasteiger partial charge is 0.304 e. The van der Waals surface area contributed by atoms with Crippen molar-refractivity contribution >= 4 is 17.8 Å². The maximum Gasteiger partial charge on any atom is 0.304 e. The first kappa shape index (κ1) is 11.9. The van der Waals surface area contributed by atoms with Crippen molar-refractivity contribution in [3.05, 3.63) is 0 Å². The van der Waals surface area contributed by atoms with Crippen LogP contribution < -0.4 is 12.4 Å². The molecule has 0 saturated carbocycles. The highest BCUT2D eigenvalue weighted by Crippen LogP contribution is 1.84. The van der Waals surface area contributed by atoms with Crippen LogP contribution >= 0.6 is 12.6 Å². The fraction of sp³-hybridized carbons (Fsp3) is 0.800. The van der Waals surface area contributed by atoms with Crippen molar-refractivity contribution in [3.63, 3.8) is 0 Å². The van der Waals surface area contributed by atoms with Gasteiger partial charge in [-0.2, -0.15) is 0 Å². The van der Waals surface area contributed by atoms with E-state index < -0.39 is 0 Å². The highest BCUT2D eigenvalue weighted by atomic mass is 35.5. The van der Waals surface area contributed by atoms with Crippen molar-refractivity contribution < 1.29 is 17.0 Å². The van der Waals surface area contributed by atoms with Gasteiger partial charge in [-0.1, -0.05) is 12.6 Å². The second kappa shape index (κ2) is 4.94. The molecular weight excluding hydrogens is 156 g/mol. The highest BCUT2D eigenvalue weighted by molar-refractivity contribution is 7.96. The fourth-order valence-electron chi connectivity index (χ4n) is 0.400. The Morgan fingerprint density at radius 3 is 1.67 bits per heavy atom. The molecule has 0 aromatic carbocycles. The fourth-order valence-corrected chi connectivity index (χ4v) is 0.400. The third kappa shape index (κ3) is 4.60. The molecule has 0 radical (unpaired) electrons. The van der Waals surface area contributed by atoms with E-state index in [-0.39, 0.29) is 12.4 Å². The van der Waals surface area contributed by atoms with Gasteiger partial charge in [0, 0.05) is 0 Å². The monoisotopic (exact) mass is 168 g/mol. The van der Waals surface area contributed by atoms with Crippen molar-refractivity contribution in [1.29, 1.82) is 0 Å². The summed E-state index contributed by atoms with van der Waals surface area (Å²) in [5.41, 5.74) is 0. The van der Waals surface area contributed by atoms with E-state index in [1.165, 1.54) is 0 Å². The largest absolute Gasteiger partial charge is 1.00 e. The average molecular weight is 169 g/mol. The summed E-state index contributed by atoms with van der Waals surface area (Å²) in [7, 11) is 7.84. The number of rotatable bonds is 0. The van der Waals surface area contributed by atoms with Gasteiger partial charge in [0.25, 0.3) is 0 Å². The molecule has 0 aromatic heterocycles. The number of hydrogen-bond donors (Lipinski definition) is 1. The maximum atomic E-state index is 4.19. The van der Waals surface area contributed by atoms with Crippen molar-refractivity contribution in [2.75, 3.05) is 28.2 Å². The lowest BCUT2D eigenvalue weighted by Gasteiger charge is -2.03. The topological polar surface area (TPSA) is 6.25 Å². The Labute approximate surface area is 68.4 Å². The van der Waals surface area contributed by atoms with Crippen LogP contribution in [0.25, 0.3) is 0 Å². The molecule has 0 saturated heterocycles. The van der Waals surface area contributed by atoms with E-state index in [1.54, 1.807) is 0 Å². The van der Waals surface area contributed by atoms with E-state index in [4.69, 9.17) is 0 Å². The van der Waals surface area contributed by atoms with E-state index in [9.17, 15) is 0 Å².